The highest BCUT2D eigenvalue weighted by atomic mass is 16.5. The topological polar surface area (TPSA) is 110 Å². The van der Waals surface area contributed by atoms with Crippen LogP contribution < -0.4 is 4.74 Å². The van der Waals surface area contributed by atoms with E-state index in [2.05, 4.69) is 0 Å². The summed E-state index contributed by atoms with van der Waals surface area (Å²) >= 11 is 0. The Bertz CT molecular complexity index is 742. The van der Waals surface area contributed by atoms with Gasteiger partial charge in [0.2, 0.25) is 0 Å². The fourth-order valence-electron chi connectivity index (χ4n) is 2.68. The number of ether oxygens (including phenoxy) is 1. The minimum Gasteiger partial charge on any atom is -0.508 e. The van der Waals surface area contributed by atoms with Gasteiger partial charge in [-0.1, -0.05) is 6.07 Å². The molecule has 2 aromatic carbocycles. The normalized spacial score (nSPS) is 23.6. The maximum Gasteiger partial charge on any atom is 0.157 e. The van der Waals surface area contributed by atoms with Gasteiger partial charge < -0.3 is 30.3 Å². The van der Waals surface area contributed by atoms with Gasteiger partial charge in [-0.05, 0) is 19.1 Å². The molecule has 0 spiro atoms. The molecule has 6 nitrogen and oxygen atoms in total. The summed E-state index contributed by atoms with van der Waals surface area (Å²) in [6.45, 7) is 1.63. The van der Waals surface area contributed by atoms with Gasteiger partial charge >= 0.3 is 0 Å². The second-order valence-electron chi connectivity index (χ2n) is 5.57. The number of rotatable bonds is 1. The maximum absolute atomic E-state index is 10.4. The van der Waals surface area contributed by atoms with Crippen molar-refractivity contribution in [2.75, 3.05) is 0 Å². The molecule has 1 heterocycles. The molecular formula is C16H16O6. The first-order chi connectivity index (χ1) is 10.3. The molecule has 3 rings (SSSR count). The van der Waals surface area contributed by atoms with Gasteiger partial charge in [-0.25, -0.2) is 0 Å². The summed E-state index contributed by atoms with van der Waals surface area (Å²) in [5, 5.41) is 48.9. The number of benzene rings is 2. The highest BCUT2D eigenvalue weighted by Crippen LogP contribution is 2.45. The molecule has 2 atom stereocenters. The van der Waals surface area contributed by atoms with Gasteiger partial charge in [0.1, 0.15) is 23.4 Å². The van der Waals surface area contributed by atoms with Gasteiger partial charge in [-0.2, -0.15) is 0 Å². The van der Waals surface area contributed by atoms with E-state index in [-0.39, 0.29) is 35.2 Å². The lowest BCUT2D eigenvalue weighted by Gasteiger charge is -2.40. The maximum atomic E-state index is 10.4. The van der Waals surface area contributed by atoms with Gasteiger partial charge in [0.15, 0.2) is 17.1 Å². The Balaban J connectivity index is 2.09. The van der Waals surface area contributed by atoms with Gasteiger partial charge in [-0.3, -0.25) is 0 Å². The molecule has 6 heteroatoms. The third kappa shape index (κ3) is 2.08. The average molecular weight is 304 g/mol. The highest BCUT2D eigenvalue weighted by Gasteiger charge is 2.43. The van der Waals surface area contributed by atoms with Gasteiger partial charge in [-0.15, -0.1) is 0 Å². The quantitative estimate of drug-likeness (QED) is 0.513. The van der Waals surface area contributed by atoms with E-state index >= 15 is 0 Å². The van der Waals surface area contributed by atoms with E-state index in [0.717, 1.165) is 0 Å². The molecule has 1 aliphatic rings. The van der Waals surface area contributed by atoms with Crippen molar-refractivity contribution < 1.29 is 30.3 Å². The average Bonchev–Trinajstić information content (AvgIpc) is 2.44. The molecule has 116 valence electrons. The Morgan fingerprint density at radius 1 is 1.00 bits per heavy atom. The summed E-state index contributed by atoms with van der Waals surface area (Å²) in [4.78, 5) is 0. The van der Waals surface area contributed by atoms with E-state index in [4.69, 9.17) is 4.74 Å². The lowest BCUT2D eigenvalue weighted by atomic mass is 9.83. The van der Waals surface area contributed by atoms with E-state index in [0.29, 0.717) is 11.1 Å². The number of hydrogen-bond donors (Lipinski definition) is 5. The molecule has 5 N–H and O–H groups in total. The zero-order valence-electron chi connectivity index (χ0n) is 11.8. The van der Waals surface area contributed by atoms with Crippen molar-refractivity contribution in [1.82, 2.24) is 0 Å². The molecule has 0 bridgehead atoms. The number of phenols is 4. The second-order valence-corrected chi connectivity index (χ2v) is 5.57. The van der Waals surface area contributed by atoms with Crippen molar-refractivity contribution >= 4 is 0 Å². The molecule has 0 aliphatic carbocycles. The van der Waals surface area contributed by atoms with E-state index in [1.165, 1.54) is 30.3 Å². The second kappa shape index (κ2) is 4.71. The minimum atomic E-state index is -1.20. The van der Waals surface area contributed by atoms with Crippen LogP contribution in [-0.4, -0.2) is 31.6 Å². The standard InChI is InChI=1S/C16H16O6/c1-16(8-2-3-11(18)13(20)4-8)15(21)7-10-12(19)5-9(17)6-14(10)22-16/h2-6,15,17-21H,7H2,1H3/t15-,16-/m0/s1. The smallest absolute Gasteiger partial charge is 0.157 e. The third-order valence-corrected chi connectivity index (χ3v) is 4.07. The first-order valence-electron chi connectivity index (χ1n) is 6.75. The fourth-order valence-corrected chi connectivity index (χ4v) is 2.68. The SMILES string of the molecule is C[C@@]1(c2ccc(O)c(O)c2)Oc2cc(O)cc(O)c2C[C@@H]1O. The van der Waals surface area contributed by atoms with Gasteiger partial charge in [0.05, 0.1) is 0 Å². The van der Waals surface area contributed by atoms with Crippen LogP contribution in [0.2, 0.25) is 0 Å². The fraction of sp³-hybridized carbons (Fsp3) is 0.250. The van der Waals surface area contributed by atoms with Gasteiger partial charge in [0, 0.05) is 29.7 Å². The van der Waals surface area contributed by atoms with Crippen LogP contribution in [0.25, 0.3) is 0 Å². The molecule has 2 aromatic rings. The van der Waals surface area contributed by atoms with Crippen LogP contribution in [0.1, 0.15) is 18.1 Å². The highest BCUT2D eigenvalue weighted by molar-refractivity contribution is 5.53. The van der Waals surface area contributed by atoms with Crippen LogP contribution in [0.15, 0.2) is 30.3 Å². The molecule has 0 fully saturated rings. The molecule has 1 aliphatic heterocycles. The zero-order valence-corrected chi connectivity index (χ0v) is 11.8. The van der Waals surface area contributed by atoms with Crippen LogP contribution in [0.4, 0.5) is 0 Å². The Morgan fingerprint density at radius 2 is 1.73 bits per heavy atom. The molecule has 22 heavy (non-hydrogen) atoms. The summed E-state index contributed by atoms with van der Waals surface area (Å²) in [6, 6.07) is 6.70. The van der Waals surface area contributed by atoms with Gasteiger partial charge in [0.25, 0.3) is 0 Å². The number of fused-ring (bicyclic) bond motifs is 1. The number of hydrogen-bond acceptors (Lipinski definition) is 6. The monoisotopic (exact) mass is 304 g/mol. The summed E-state index contributed by atoms with van der Waals surface area (Å²) in [6.07, 6.45) is -0.862. The molecule has 0 aromatic heterocycles. The minimum absolute atomic E-state index is 0.125. The summed E-state index contributed by atoms with van der Waals surface area (Å²) in [5.41, 5.74) is -0.326. The molecule has 0 unspecified atom stereocenters. The van der Waals surface area contributed by atoms with Crippen LogP contribution in [0, 0.1) is 0 Å². The first kappa shape index (κ1) is 14.3. The van der Waals surface area contributed by atoms with Crippen molar-refractivity contribution in [3.63, 3.8) is 0 Å². The van der Waals surface area contributed by atoms with E-state index < -0.39 is 11.7 Å². The number of phenolic OH excluding ortho intramolecular Hbond substituents is 4. The lowest BCUT2D eigenvalue weighted by molar-refractivity contribution is -0.0597. The Hall–Kier alpha value is -2.60. The zero-order chi connectivity index (χ0) is 16.1. The molecule has 0 amide bonds. The van der Waals surface area contributed by atoms with Crippen molar-refractivity contribution in [3.8, 4) is 28.7 Å². The van der Waals surface area contributed by atoms with Crippen LogP contribution >= 0.6 is 0 Å². The van der Waals surface area contributed by atoms with Crippen LogP contribution in [0.3, 0.4) is 0 Å². The molecule has 0 saturated heterocycles. The lowest BCUT2D eigenvalue weighted by Crippen LogP contribution is -2.46. The van der Waals surface area contributed by atoms with Crippen LogP contribution in [-0.2, 0) is 12.0 Å². The Labute approximate surface area is 126 Å². The summed E-state index contributed by atoms with van der Waals surface area (Å²) in [5.74, 6) is -0.626. The van der Waals surface area contributed by atoms with Crippen LogP contribution in [0.5, 0.6) is 28.7 Å². The number of aliphatic hydroxyl groups excluding tert-OH is 1. The number of aliphatic hydroxyl groups is 1. The van der Waals surface area contributed by atoms with Crippen molar-refractivity contribution in [1.29, 1.82) is 0 Å². The predicted octanol–water partition coefficient (Wildman–Crippen LogP) is 1.72. The predicted molar refractivity (Wildman–Crippen MR) is 77.2 cm³/mol. The Morgan fingerprint density at radius 3 is 2.41 bits per heavy atom. The van der Waals surface area contributed by atoms with Crippen molar-refractivity contribution in [3.05, 3.63) is 41.5 Å². The Kier molecular flexibility index (Phi) is 3.07. The summed E-state index contributed by atoms with van der Waals surface area (Å²) in [7, 11) is 0. The molecule has 0 radical (unpaired) electrons. The molecular weight excluding hydrogens is 288 g/mol. The van der Waals surface area contributed by atoms with E-state index in [9.17, 15) is 25.5 Å². The summed E-state index contributed by atoms with van der Waals surface area (Å²) < 4.78 is 5.81. The first-order valence-corrected chi connectivity index (χ1v) is 6.75. The van der Waals surface area contributed by atoms with Crippen molar-refractivity contribution in [2.24, 2.45) is 0 Å². The van der Waals surface area contributed by atoms with E-state index in [1.807, 2.05) is 0 Å². The largest absolute Gasteiger partial charge is 0.508 e. The van der Waals surface area contributed by atoms with Crippen molar-refractivity contribution in [2.45, 2.75) is 25.0 Å². The van der Waals surface area contributed by atoms with E-state index in [1.54, 1.807) is 6.92 Å². The third-order valence-electron chi connectivity index (χ3n) is 4.07. The number of aromatic hydroxyl groups is 4. The molecule has 0 saturated carbocycles.